The fourth-order valence-electron chi connectivity index (χ4n) is 4.00. The Balaban J connectivity index is 1.47. The van der Waals surface area contributed by atoms with Crippen LogP contribution in [0.2, 0.25) is 0 Å². The number of urea groups is 1. The topological polar surface area (TPSA) is 105 Å². The first-order valence-electron chi connectivity index (χ1n) is 9.65. The smallest absolute Gasteiger partial charge is 0.348 e. The van der Waals surface area contributed by atoms with Gasteiger partial charge in [0.25, 0.3) is 5.91 Å². The molecule has 1 unspecified atom stereocenters. The van der Waals surface area contributed by atoms with Gasteiger partial charge in [0.05, 0.1) is 11.6 Å². The molecular formula is C21H21N3O5S. The largest absolute Gasteiger partial charge is 0.462 e. The van der Waals surface area contributed by atoms with Crippen molar-refractivity contribution < 1.29 is 23.9 Å². The first kappa shape index (κ1) is 20.1. The molecule has 30 heavy (non-hydrogen) atoms. The van der Waals surface area contributed by atoms with E-state index in [4.69, 9.17) is 4.74 Å². The number of nitrogens with one attached hydrogen (secondary N) is 2. The number of fused-ring (bicyclic) bond motifs is 2. The number of amides is 4. The molecule has 1 spiro atoms. The lowest BCUT2D eigenvalue weighted by molar-refractivity contribution is -0.134. The predicted octanol–water partition coefficient (Wildman–Crippen LogP) is 2.57. The Kier molecular flexibility index (Phi) is 5.07. The number of nitrogens with zero attached hydrogens (tertiary/aromatic N) is 1. The number of hydrogen-bond donors (Lipinski definition) is 2. The summed E-state index contributed by atoms with van der Waals surface area (Å²) in [6, 6.07) is 8.60. The normalized spacial score (nSPS) is 19.7. The molecule has 8 nitrogen and oxygen atoms in total. The van der Waals surface area contributed by atoms with Gasteiger partial charge >= 0.3 is 12.0 Å². The maximum atomic E-state index is 13.1. The number of hydrogen-bond acceptors (Lipinski definition) is 6. The van der Waals surface area contributed by atoms with Crippen molar-refractivity contribution in [3.63, 3.8) is 0 Å². The molecule has 2 heterocycles. The fourth-order valence-corrected chi connectivity index (χ4v) is 4.98. The van der Waals surface area contributed by atoms with E-state index in [1.807, 2.05) is 24.3 Å². The molecule has 1 atom stereocenters. The zero-order valence-corrected chi connectivity index (χ0v) is 17.4. The molecule has 4 rings (SSSR count). The number of carbonyl (C=O) groups is 4. The van der Waals surface area contributed by atoms with E-state index in [2.05, 4.69) is 10.6 Å². The number of imide groups is 1. The summed E-state index contributed by atoms with van der Waals surface area (Å²) in [6.45, 7) is 3.32. The molecule has 4 amide bonds. The monoisotopic (exact) mass is 427 g/mol. The number of carbonyl (C=O) groups excluding carboxylic acids is 4. The van der Waals surface area contributed by atoms with Gasteiger partial charge in [-0.3, -0.25) is 14.5 Å². The second-order valence-electron chi connectivity index (χ2n) is 7.28. The van der Waals surface area contributed by atoms with Crippen molar-refractivity contribution >= 4 is 40.2 Å². The summed E-state index contributed by atoms with van der Waals surface area (Å²) in [6.07, 6.45) is 1.16. The number of anilines is 1. The minimum atomic E-state index is -1.09. The minimum absolute atomic E-state index is 0.259. The van der Waals surface area contributed by atoms with Gasteiger partial charge in [0.2, 0.25) is 5.91 Å². The Bertz CT molecular complexity index is 1060. The summed E-state index contributed by atoms with van der Waals surface area (Å²) in [5.74, 6) is -1.38. The molecule has 1 aromatic heterocycles. The van der Waals surface area contributed by atoms with Gasteiger partial charge in [0.1, 0.15) is 17.0 Å². The second kappa shape index (κ2) is 7.56. The van der Waals surface area contributed by atoms with Gasteiger partial charge in [0.15, 0.2) is 0 Å². The summed E-state index contributed by atoms with van der Waals surface area (Å²) in [5, 5.41) is 5.91. The molecule has 1 saturated heterocycles. The molecule has 2 aromatic rings. The lowest BCUT2D eigenvalue weighted by Gasteiger charge is -2.22. The predicted molar refractivity (Wildman–Crippen MR) is 110 cm³/mol. The van der Waals surface area contributed by atoms with E-state index < -0.39 is 35.9 Å². The molecule has 2 N–H and O–H groups in total. The maximum absolute atomic E-state index is 13.1. The third-order valence-electron chi connectivity index (χ3n) is 5.37. The quantitative estimate of drug-likeness (QED) is 0.564. The highest BCUT2D eigenvalue weighted by atomic mass is 32.1. The first-order chi connectivity index (χ1) is 14.4. The molecule has 1 aliphatic heterocycles. The summed E-state index contributed by atoms with van der Waals surface area (Å²) in [4.78, 5) is 51.5. The Morgan fingerprint density at radius 1 is 1.30 bits per heavy atom. The van der Waals surface area contributed by atoms with Crippen molar-refractivity contribution in [3.8, 4) is 0 Å². The van der Waals surface area contributed by atoms with Crippen molar-refractivity contribution in [2.45, 2.75) is 32.2 Å². The van der Waals surface area contributed by atoms with Crippen molar-refractivity contribution in [2.24, 2.45) is 0 Å². The van der Waals surface area contributed by atoms with Gasteiger partial charge in [0, 0.05) is 0 Å². The number of aryl methyl sites for hydroxylation is 2. The molecule has 0 radical (unpaired) electrons. The molecule has 1 aliphatic carbocycles. The van der Waals surface area contributed by atoms with E-state index >= 15 is 0 Å². The SMILES string of the molecule is CCOC(=O)c1sc(NC(=O)CN2C(=O)NC3(CCc4ccccc43)C2=O)cc1C. The number of esters is 1. The number of thiophene rings is 1. The molecule has 1 aromatic carbocycles. The van der Waals surface area contributed by atoms with Crippen LogP contribution in [-0.2, 0) is 26.3 Å². The fraction of sp³-hybridized carbons (Fsp3) is 0.333. The Hall–Kier alpha value is -3.20. The summed E-state index contributed by atoms with van der Waals surface area (Å²) in [7, 11) is 0. The van der Waals surface area contributed by atoms with Crippen molar-refractivity contribution in [3.05, 3.63) is 51.9 Å². The lowest BCUT2D eigenvalue weighted by atomic mass is 9.92. The zero-order valence-electron chi connectivity index (χ0n) is 16.6. The van der Waals surface area contributed by atoms with E-state index in [0.717, 1.165) is 27.4 Å². The Morgan fingerprint density at radius 3 is 2.83 bits per heavy atom. The van der Waals surface area contributed by atoms with Crippen LogP contribution in [0.5, 0.6) is 0 Å². The highest BCUT2D eigenvalue weighted by Crippen LogP contribution is 2.41. The maximum Gasteiger partial charge on any atom is 0.348 e. The Labute approximate surface area is 177 Å². The van der Waals surface area contributed by atoms with Crippen LogP contribution in [0.25, 0.3) is 0 Å². The van der Waals surface area contributed by atoms with E-state index in [1.165, 1.54) is 0 Å². The van der Waals surface area contributed by atoms with E-state index in [9.17, 15) is 19.2 Å². The van der Waals surface area contributed by atoms with Crippen LogP contribution in [0.4, 0.5) is 9.80 Å². The zero-order chi connectivity index (χ0) is 21.5. The molecule has 1 fully saturated rings. The van der Waals surface area contributed by atoms with Gasteiger partial charge in [-0.1, -0.05) is 24.3 Å². The van der Waals surface area contributed by atoms with Gasteiger partial charge < -0.3 is 15.4 Å². The third-order valence-corrected chi connectivity index (χ3v) is 6.50. The van der Waals surface area contributed by atoms with Crippen molar-refractivity contribution in [1.29, 1.82) is 0 Å². The van der Waals surface area contributed by atoms with E-state index in [1.54, 1.807) is 19.9 Å². The molecular weight excluding hydrogens is 406 g/mol. The van der Waals surface area contributed by atoms with Crippen LogP contribution < -0.4 is 10.6 Å². The van der Waals surface area contributed by atoms with Crippen molar-refractivity contribution in [2.75, 3.05) is 18.5 Å². The first-order valence-corrected chi connectivity index (χ1v) is 10.5. The van der Waals surface area contributed by atoms with Crippen LogP contribution in [0, 0.1) is 6.92 Å². The second-order valence-corrected chi connectivity index (χ2v) is 8.33. The molecule has 9 heteroatoms. The third kappa shape index (κ3) is 3.24. The van der Waals surface area contributed by atoms with Gasteiger partial charge in [-0.25, -0.2) is 9.59 Å². The average Bonchev–Trinajstić information content (AvgIpc) is 3.33. The van der Waals surface area contributed by atoms with Crippen molar-refractivity contribution in [1.82, 2.24) is 10.2 Å². The van der Waals surface area contributed by atoms with Crippen LogP contribution in [-0.4, -0.2) is 41.9 Å². The molecule has 2 aliphatic rings. The minimum Gasteiger partial charge on any atom is -0.462 e. The highest BCUT2D eigenvalue weighted by Gasteiger charge is 2.55. The highest BCUT2D eigenvalue weighted by molar-refractivity contribution is 7.18. The number of benzene rings is 1. The van der Waals surface area contributed by atoms with Gasteiger partial charge in [-0.05, 0) is 49.4 Å². The number of rotatable bonds is 5. The van der Waals surface area contributed by atoms with Crippen LogP contribution in [0.3, 0.4) is 0 Å². The van der Waals surface area contributed by atoms with Crippen LogP contribution in [0.15, 0.2) is 30.3 Å². The summed E-state index contributed by atoms with van der Waals surface area (Å²) >= 11 is 1.09. The van der Waals surface area contributed by atoms with Crippen LogP contribution in [0.1, 0.15) is 39.7 Å². The molecule has 0 saturated carbocycles. The lowest BCUT2D eigenvalue weighted by Crippen LogP contribution is -2.42. The average molecular weight is 427 g/mol. The van der Waals surface area contributed by atoms with Crippen LogP contribution >= 0.6 is 11.3 Å². The summed E-state index contributed by atoms with van der Waals surface area (Å²) in [5.41, 5.74) is 1.41. The summed E-state index contributed by atoms with van der Waals surface area (Å²) < 4.78 is 5.00. The van der Waals surface area contributed by atoms with E-state index in [0.29, 0.717) is 28.3 Å². The Morgan fingerprint density at radius 2 is 2.07 bits per heavy atom. The standard InChI is InChI=1S/C21H21N3O5S/c1-3-29-18(26)17-12(2)10-16(30-17)22-15(25)11-24-19(27)21(23-20(24)28)9-8-13-6-4-5-7-14(13)21/h4-7,10H,3,8-9,11H2,1-2H3,(H,22,25)(H,23,28). The van der Waals surface area contributed by atoms with E-state index in [-0.39, 0.29) is 6.61 Å². The van der Waals surface area contributed by atoms with Gasteiger partial charge in [-0.15, -0.1) is 11.3 Å². The van der Waals surface area contributed by atoms with Gasteiger partial charge in [-0.2, -0.15) is 0 Å². The molecule has 156 valence electrons. The molecule has 0 bridgehead atoms. The number of ether oxygens (including phenoxy) is 1.